The van der Waals surface area contributed by atoms with E-state index in [4.69, 9.17) is 21.8 Å². The molecule has 0 saturated carbocycles. The molecule has 0 spiro atoms. The van der Waals surface area contributed by atoms with Gasteiger partial charge < -0.3 is 10.2 Å². The highest BCUT2D eigenvalue weighted by molar-refractivity contribution is 6.32. The van der Waals surface area contributed by atoms with Crippen LogP contribution in [0, 0.1) is 11.6 Å². The van der Waals surface area contributed by atoms with Crippen molar-refractivity contribution in [1.82, 2.24) is 0 Å². The van der Waals surface area contributed by atoms with Crippen molar-refractivity contribution in [2.24, 2.45) is 0 Å². The fraction of sp³-hybridized carbons (Fsp3) is 0.250. The number of aromatic hydroxyl groups is 1. The summed E-state index contributed by atoms with van der Waals surface area (Å²) in [6.45, 7) is 1.20. The van der Waals surface area contributed by atoms with Gasteiger partial charge in [-0.3, -0.25) is 0 Å². The highest BCUT2D eigenvalue weighted by Gasteiger charge is 2.20. The van der Waals surface area contributed by atoms with Gasteiger partial charge in [0.1, 0.15) is 16.6 Å². The van der Waals surface area contributed by atoms with Gasteiger partial charge in [0, 0.05) is 6.07 Å². The maximum Gasteiger partial charge on any atom is 0.154 e. The molecule has 5 heteroatoms. The van der Waals surface area contributed by atoms with Crippen molar-refractivity contribution in [1.29, 1.82) is 0 Å². The van der Waals surface area contributed by atoms with Gasteiger partial charge in [0.15, 0.2) is 5.82 Å². The van der Waals surface area contributed by atoms with Crippen LogP contribution in [-0.4, -0.2) is 10.2 Å². The molecule has 0 aliphatic heterocycles. The van der Waals surface area contributed by atoms with Crippen LogP contribution in [0.1, 0.15) is 18.6 Å². The van der Waals surface area contributed by atoms with Gasteiger partial charge in [0.05, 0.1) is 11.7 Å². The summed E-state index contributed by atoms with van der Waals surface area (Å²) in [6, 6.07) is 0.660. The number of hydrogen-bond acceptors (Lipinski definition) is 2. The summed E-state index contributed by atoms with van der Waals surface area (Å²) in [7, 11) is 0. The van der Waals surface area contributed by atoms with E-state index < -0.39 is 34.1 Å². The minimum absolute atomic E-state index is 0.539. The Morgan fingerprint density at radius 2 is 2.00 bits per heavy atom. The molecule has 72 valence electrons. The molecule has 1 atom stereocenters. The Kier molecular flexibility index (Phi) is 2.73. The van der Waals surface area contributed by atoms with Gasteiger partial charge in [-0.2, -0.15) is 0 Å². The molecule has 0 saturated heterocycles. The Balaban J connectivity index is 3.44. The average Bonchev–Trinajstić information content (AvgIpc) is 1.99. The zero-order valence-corrected chi connectivity index (χ0v) is 7.44. The molecule has 0 bridgehead atoms. The van der Waals surface area contributed by atoms with Crippen LogP contribution < -0.4 is 0 Å². The molecular formula is C8H7ClF2O2. The van der Waals surface area contributed by atoms with E-state index in [1.807, 2.05) is 0 Å². The van der Waals surface area contributed by atoms with Gasteiger partial charge in [0.25, 0.3) is 0 Å². The number of halogens is 3. The zero-order chi connectivity index (χ0) is 10.2. The first kappa shape index (κ1) is 10.2. The van der Waals surface area contributed by atoms with Crippen LogP contribution >= 0.6 is 11.6 Å². The van der Waals surface area contributed by atoms with Gasteiger partial charge in [-0.15, -0.1) is 0 Å². The van der Waals surface area contributed by atoms with Crippen molar-refractivity contribution in [3.05, 3.63) is 28.3 Å². The van der Waals surface area contributed by atoms with Gasteiger partial charge in [-0.05, 0) is 6.92 Å². The molecule has 2 nitrogen and oxygen atoms in total. The lowest BCUT2D eigenvalue weighted by molar-refractivity contribution is 0.188. The third-order valence-electron chi connectivity index (χ3n) is 1.59. The molecule has 1 rings (SSSR count). The van der Waals surface area contributed by atoms with E-state index in [0.29, 0.717) is 6.07 Å². The molecule has 0 fully saturated rings. The molecule has 0 amide bonds. The van der Waals surface area contributed by atoms with E-state index in [1.165, 1.54) is 6.92 Å². The highest BCUT2D eigenvalue weighted by Crippen LogP contribution is 2.33. The number of phenols is 1. The van der Waals surface area contributed by atoms with Gasteiger partial charge in [0.2, 0.25) is 0 Å². The van der Waals surface area contributed by atoms with Crippen LogP contribution in [-0.2, 0) is 0 Å². The predicted molar refractivity (Wildman–Crippen MR) is 43.7 cm³/mol. The maximum atomic E-state index is 13.1. The number of aliphatic hydroxyl groups is 1. The fourth-order valence-electron chi connectivity index (χ4n) is 0.980. The minimum atomic E-state index is -1.31. The molecule has 1 aromatic carbocycles. The molecule has 1 unspecified atom stereocenters. The van der Waals surface area contributed by atoms with Crippen LogP contribution in [0.3, 0.4) is 0 Å². The second kappa shape index (κ2) is 3.47. The van der Waals surface area contributed by atoms with Crippen LogP contribution in [0.2, 0.25) is 5.02 Å². The monoisotopic (exact) mass is 208 g/mol. The SMILES string of the molecule is CC(O)c1c(F)cc(O)c(Cl)c1F. The third-order valence-corrected chi connectivity index (χ3v) is 1.95. The Hall–Kier alpha value is -0.870. The van der Waals surface area contributed by atoms with Gasteiger partial charge in [-0.25, -0.2) is 8.78 Å². The number of hydrogen-bond donors (Lipinski definition) is 2. The standard InChI is InChI=1S/C8H7ClF2O2/c1-3(12)6-4(10)2-5(13)7(9)8(6)11/h2-3,12-13H,1H3. The Morgan fingerprint density at radius 3 is 2.46 bits per heavy atom. The number of rotatable bonds is 1. The number of phenolic OH excluding ortho intramolecular Hbond substituents is 1. The van der Waals surface area contributed by atoms with Crippen LogP contribution in [0.25, 0.3) is 0 Å². The summed E-state index contributed by atoms with van der Waals surface area (Å²) in [4.78, 5) is 0. The second-order valence-electron chi connectivity index (χ2n) is 2.60. The lowest BCUT2D eigenvalue weighted by atomic mass is 10.1. The fourth-order valence-corrected chi connectivity index (χ4v) is 1.14. The largest absolute Gasteiger partial charge is 0.506 e. The molecular weight excluding hydrogens is 202 g/mol. The summed E-state index contributed by atoms with van der Waals surface area (Å²) < 4.78 is 26.0. The summed E-state index contributed by atoms with van der Waals surface area (Å²) >= 11 is 5.30. The van der Waals surface area contributed by atoms with Gasteiger partial charge in [-0.1, -0.05) is 11.6 Å². The first-order valence-corrected chi connectivity index (χ1v) is 3.87. The lowest BCUT2D eigenvalue weighted by Gasteiger charge is -2.09. The van der Waals surface area contributed by atoms with E-state index in [1.54, 1.807) is 0 Å². The van der Waals surface area contributed by atoms with Crippen molar-refractivity contribution in [2.45, 2.75) is 13.0 Å². The Labute approximate surface area is 78.4 Å². The molecule has 0 aliphatic rings. The average molecular weight is 209 g/mol. The minimum Gasteiger partial charge on any atom is -0.506 e. The van der Waals surface area contributed by atoms with E-state index in [9.17, 15) is 8.78 Å². The van der Waals surface area contributed by atoms with E-state index in [-0.39, 0.29) is 0 Å². The topological polar surface area (TPSA) is 40.5 Å². The number of benzene rings is 1. The molecule has 13 heavy (non-hydrogen) atoms. The first-order chi connectivity index (χ1) is 5.95. The van der Waals surface area contributed by atoms with Crippen molar-refractivity contribution in [3.63, 3.8) is 0 Å². The van der Waals surface area contributed by atoms with E-state index in [2.05, 4.69) is 0 Å². The maximum absolute atomic E-state index is 13.1. The van der Waals surface area contributed by atoms with Crippen molar-refractivity contribution in [3.8, 4) is 5.75 Å². The van der Waals surface area contributed by atoms with E-state index >= 15 is 0 Å². The van der Waals surface area contributed by atoms with Gasteiger partial charge >= 0.3 is 0 Å². The molecule has 1 aromatic rings. The van der Waals surface area contributed by atoms with Crippen LogP contribution in [0.5, 0.6) is 5.75 Å². The quantitative estimate of drug-likeness (QED) is 0.696. The molecule has 0 aromatic heterocycles. The van der Waals surface area contributed by atoms with Crippen molar-refractivity contribution in [2.75, 3.05) is 0 Å². The molecule has 2 N–H and O–H groups in total. The molecule has 0 heterocycles. The second-order valence-corrected chi connectivity index (χ2v) is 2.97. The summed E-state index contributed by atoms with van der Waals surface area (Å²) in [5, 5.41) is 17.3. The number of aliphatic hydroxyl groups excluding tert-OH is 1. The summed E-state index contributed by atoms with van der Waals surface area (Å²) in [6.07, 6.45) is -1.31. The first-order valence-electron chi connectivity index (χ1n) is 3.49. The lowest BCUT2D eigenvalue weighted by Crippen LogP contribution is -2.01. The van der Waals surface area contributed by atoms with Crippen LogP contribution in [0.4, 0.5) is 8.78 Å². The zero-order valence-electron chi connectivity index (χ0n) is 6.68. The molecule has 0 aliphatic carbocycles. The summed E-state index contributed by atoms with van der Waals surface area (Å²) in [5.74, 6) is -2.83. The predicted octanol–water partition coefficient (Wildman–Crippen LogP) is 2.38. The molecule has 0 radical (unpaired) electrons. The smallest absolute Gasteiger partial charge is 0.154 e. The highest BCUT2D eigenvalue weighted by atomic mass is 35.5. The van der Waals surface area contributed by atoms with E-state index in [0.717, 1.165) is 0 Å². The Morgan fingerprint density at radius 1 is 1.46 bits per heavy atom. The summed E-state index contributed by atoms with van der Waals surface area (Å²) in [5.41, 5.74) is -0.539. The van der Waals surface area contributed by atoms with Crippen molar-refractivity contribution < 1.29 is 19.0 Å². The Bertz CT molecular complexity index is 339. The normalized spacial score (nSPS) is 13.0. The van der Waals surface area contributed by atoms with Crippen LogP contribution in [0.15, 0.2) is 6.07 Å². The van der Waals surface area contributed by atoms with Crippen molar-refractivity contribution >= 4 is 11.6 Å². The third kappa shape index (κ3) is 1.73.